The molecule has 0 heterocycles. The van der Waals surface area contributed by atoms with Gasteiger partial charge in [0.2, 0.25) is 5.91 Å². The minimum absolute atomic E-state index is 0.262. The maximum absolute atomic E-state index is 12.2. The van der Waals surface area contributed by atoms with Gasteiger partial charge < -0.3 is 40.4 Å². The summed E-state index contributed by atoms with van der Waals surface area (Å²) < 4.78 is 19.2. The van der Waals surface area contributed by atoms with Gasteiger partial charge in [-0.2, -0.15) is 0 Å². The molecule has 0 unspecified atom stereocenters. The molecule has 0 bridgehead atoms. The minimum atomic E-state index is -1.38. The van der Waals surface area contributed by atoms with E-state index in [-0.39, 0.29) is 26.1 Å². The molecule has 0 saturated carbocycles. The van der Waals surface area contributed by atoms with Gasteiger partial charge in [-0.3, -0.25) is 9.59 Å². The average Bonchev–Trinajstić information content (AvgIpc) is 2.67. The fourth-order valence-corrected chi connectivity index (χ4v) is 2.09. The summed E-state index contributed by atoms with van der Waals surface area (Å²) >= 11 is 0. The third-order valence-corrected chi connectivity index (χ3v) is 3.56. The molecular weight excluding hydrogens is 418 g/mol. The summed E-state index contributed by atoms with van der Waals surface area (Å²) in [4.78, 5) is 58.3. The Labute approximate surface area is 179 Å². The molecular formula is C18H31N3O10. The lowest BCUT2D eigenvalue weighted by Crippen LogP contribution is -2.47. The Balaban J connectivity index is 4.74. The van der Waals surface area contributed by atoms with Gasteiger partial charge in [-0.1, -0.05) is 0 Å². The van der Waals surface area contributed by atoms with E-state index in [0.717, 1.165) is 14.2 Å². The Hall–Kier alpha value is -2.93. The molecule has 31 heavy (non-hydrogen) atoms. The van der Waals surface area contributed by atoms with E-state index in [2.05, 4.69) is 20.1 Å². The number of alkyl carbamates (subject to hydrolysis) is 1. The highest BCUT2D eigenvalue weighted by Crippen LogP contribution is 2.08. The lowest BCUT2D eigenvalue weighted by molar-refractivity contribution is -0.148. The average molecular weight is 449 g/mol. The Kier molecular flexibility index (Phi) is 12.1. The van der Waals surface area contributed by atoms with Crippen molar-refractivity contribution in [1.82, 2.24) is 10.6 Å². The second-order valence-electron chi connectivity index (χ2n) is 7.39. The van der Waals surface area contributed by atoms with Gasteiger partial charge >= 0.3 is 24.0 Å². The third-order valence-electron chi connectivity index (χ3n) is 3.56. The van der Waals surface area contributed by atoms with Crippen LogP contribution in [-0.4, -0.2) is 86.2 Å². The van der Waals surface area contributed by atoms with E-state index in [1.165, 1.54) is 0 Å². The Bertz CT molecular complexity index is 647. The van der Waals surface area contributed by atoms with Crippen LogP contribution in [0.25, 0.3) is 0 Å². The van der Waals surface area contributed by atoms with Gasteiger partial charge in [0, 0.05) is 6.42 Å². The van der Waals surface area contributed by atoms with Crippen LogP contribution in [-0.2, 0) is 38.1 Å². The zero-order valence-electron chi connectivity index (χ0n) is 18.3. The van der Waals surface area contributed by atoms with Crippen LogP contribution in [0.4, 0.5) is 4.79 Å². The number of amides is 2. The smallest absolute Gasteiger partial charge is 0.408 e. The standard InChI is InChI=1S/C18H31N3O10/c1-18(2,3)31-17(27)21-11(14(23)24)6-7-13(22)20-12(16(26)29-5)9-30-8-10(19)15(25)28-4/h10-12H,6-9,19H2,1-5H3,(H,20,22)(H,21,27)(H,23,24)/t10-,11-,12+/m1/s1. The van der Waals surface area contributed by atoms with E-state index in [9.17, 15) is 29.1 Å². The molecule has 13 nitrogen and oxygen atoms in total. The molecule has 0 spiro atoms. The van der Waals surface area contributed by atoms with Gasteiger partial charge in [-0.05, 0) is 27.2 Å². The lowest BCUT2D eigenvalue weighted by Gasteiger charge is -2.22. The van der Waals surface area contributed by atoms with E-state index in [4.69, 9.17) is 15.2 Å². The number of hydrogen-bond acceptors (Lipinski definition) is 10. The molecule has 0 aliphatic carbocycles. The van der Waals surface area contributed by atoms with Crippen LogP contribution in [0.2, 0.25) is 0 Å². The summed E-state index contributed by atoms with van der Waals surface area (Å²) in [6, 6.07) is -3.68. The highest BCUT2D eigenvalue weighted by atomic mass is 16.6. The molecule has 178 valence electrons. The van der Waals surface area contributed by atoms with Crippen molar-refractivity contribution in [3.05, 3.63) is 0 Å². The monoisotopic (exact) mass is 449 g/mol. The first-order valence-electron chi connectivity index (χ1n) is 9.31. The van der Waals surface area contributed by atoms with Gasteiger partial charge in [0.25, 0.3) is 0 Å². The first-order chi connectivity index (χ1) is 14.3. The van der Waals surface area contributed by atoms with Crippen molar-refractivity contribution in [2.45, 2.75) is 57.3 Å². The summed E-state index contributed by atoms with van der Waals surface area (Å²) in [6.45, 7) is 4.23. The normalized spacial score (nSPS) is 13.9. The van der Waals surface area contributed by atoms with Crippen LogP contribution < -0.4 is 16.4 Å². The van der Waals surface area contributed by atoms with Crippen molar-refractivity contribution in [3.8, 4) is 0 Å². The molecule has 0 rings (SSSR count). The topological polar surface area (TPSA) is 193 Å². The van der Waals surface area contributed by atoms with E-state index < -0.39 is 53.6 Å². The first-order valence-corrected chi connectivity index (χ1v) is 9.31. The lowest BCUT2D eigenvalue weighted by atomic mass is 10.1. The number of nitrogens with one attached hydrogen (secondary N) is 2. The zero-order valence-corrected chi connectivity index (χ0v) is 18.3. The number of carboxylic acid groups (broad SMARTS) is 1. The fourth-order valence-electron chi connectivity index (χ4n) is 2.09. The molecule has 0 aromatic rings. The highest BCUT2D eigenvalue weighted by molar-refractivity contribution is 5.85. The second kappa shape index (κ2) is 13.4. The molecule has 5 N–H and O–H groups in total. The summed E-state index contributed by atoms with van der Waals surface area (Å²) in [5.74, 6) is -3.57. The Morgan fingerprint density at radius 2 is 1.52 bits per heavy atom. The largest absolute Gasteiger partial charge is 0.480 e. The molecule has 0 radical (unpaired) electrons. The number of nitrogens with two attached hydrogens (primary N) is 1. The molecule has 0 fully saturated rings. The van der Waals surface area contributed by atoms with Crippen molar-refractivity contribution in [3.63, 3.8) is 0 Å². The van der Waals surface area contributed by atoms with Crippen molar-refractivity contribution in [1.29, 1.82) is 0 Å². The predicted molar refractivity (Wildman–Crippen MR) is 105 cm³/mol. The maximum atomic E-state index is 12.2. The number of aliphatic carboxylic acids is 1. The molecule has 0 aliphatic heterocycles. The molecule has 0 aliphatic rings. The number of methoxy groups -OCH3 is 2. The van der Waals surface area contributed by atoms with Gasteiger partial charge in [0.1, 0.15) is 17.7 Å². The predicted octanol–water partition coefficient (Wildman–Crippen LogP) is -1.08. The van der Waals surface area contributed by atoms with Gasteiger partial charge in [-0.15, -0.1) is 0 Å². The van der Waals surface area contributed by atoms with E-state index in [1.54, 1.807) is 20.8 Å². The number of carbonyl (C=O) groups is 5. The number of carbonyl (C=O) groups excluding carboxylic acids is 4. The second-order valence-corrected chi connectivity index (χ2v) is 7.39. The molecule has 13 heteroatoms. The number of rotatable bonds is 12. The van der Waals surface area contributed by atoms with Gasteiger partial charge in [-0.25, -0.2) is 14.4 Å². The van der Waals surface area contributed by atoms with Crippen LogP contribution in [0, 0.1) is 0 Å². The Morgan fingerprint density at radius 1 is 0.935 bits per heavy atom. The Morgan fingerprint density at radius 3 is 2.00 bits per heavy atom. The summed E-state index contributed by atoms with van der Waals surface area (Å²) in [5, 5.41) is 13.7. The number of ether oxygens (including phenoxy) is 4. The van der Waals surface area contributed by atoms with Crippen LogP contribution in [0.15, 0.2) is 0 Å². The summed E-state index contributed by atoms with van der Waals surface area (Å²) in [5.41, 5.74) is 4.68. The first kappa shape index (κ1) is 28.1. The summed E-state index contributed by atoms with van der Waals surface area (Å²) in [7, 11) is 2.26. The number of hydrogen-bond donors (Lipinski definition) is 4. The van der Waals surface area contributed by atoms with Crippen LogP contribution >= 0.6 is 0 Å². The zero-order chi connectivity index (χ0) is 24.2. The van der Waals surface area contributed by atoms with Gasteiger partial charge in [0.05, 0.1) is 27.4 Å². The molecule has 0 aromatic heterocycles. The van der Waals surface area contributed by atoms with Gasteiger partial charge in [0.15, 0.2) is 6.04 Å². The number of carboxylic acids is 1. The van der Waals surface area contributed by atoms with E-state index in [1.807, 2.05) is 0 Å². The summed E-state index contributed by atoms with van der Waals surface area (Å²) in [6.07, 6.45) is -1.53. The molecule has 0 aromatic carbocycles. The van der Waals surface area contributed by atoms with Crippen molar-refractivity contribution in [2.24, 2.45) is 5.73 Å². The third kappa shape index (κ3) is 12.4. The molecule has 3 atom stereocenters. The quantitative estimate of drug-likeness (QED) is 0.209. The van der Waals surface area contributed by atoms with Crippen LogP contribution in [0.3, 0.4) is 0 Å². The molecule has 2 amide bonds. The highest BCUT2D eigenvalue weighted by Gasteiger charge is 2.27. The van der Waals surface area contributed by atoms with Crippen molar-refractivity contribution >= 4 is 29.9 Å². The van der Waals surface area contributed by atoms with Crippen molar-refractivity contribution < 1.29 is 48.0 Å². The minimum Gasteiger partial charge on any atom is -0.480 e. The van der Waals surface area contributed by atoms with Crippen molar-refractivity contribution in [2.75, 3.05) is 27.4 Å². The van der Waals surface area contributed by atoms with E-state index >= 15 is 0 Å². The van der Waals surface area contributed by atoms with Crippen LogP contribution in [0.5, 0.6) is 0 Å². The van der Waals surface area contributed by atoms with E-state index in [0.29, 0.717) is 0 Å². The number of esters is 2. The molecule has 0 saturated heterocycles. The SMILES string of the molecule is COC(=O)[C@H](N)COC[C@H](NC(=O)CC[C@@H](NC(=O)OC(C)(C)C)C(=O)O)C(=O)OC. The van der Waals surface area contributed by atoms with Crippen LogP contribution in [0.1, 0.15) is 33.6 Å². The maximum Gasteiger partial charge on any atom is 0.408 e. The fraction of sp³-hybridized carbons (Fsp3) is 0.722.